The van der Waals surface area contributed by atoms with Gasteiger partial charge in [0, 0.05) is 51.3 Å². The Balaban J connectivity index is 3.65. The third-order valence-electron chi connectivity index (χ3n) is 10.3. The van der Waals surface area contributed by atoms with Crippen molar-refractivity contribution >= 4 is 41.2 Å². The van der Waals surface area contributed by atoms with E-state index >= 15 is 0 Å². The van der Waals surface area contributed by atoms with Gasteiger partial charge < -0.3 is 45.7 Å². The number of ether oxygens (including phenoxy) is 4. The summed E-state index contributed by atoms with van der Waals surface area (Å²) in [5, 5.41) is 17.6. The van der Waals surface area contributed by atoms with Gasteiger partial charge in [-0.2, -0.15) is 0 Å². The van der Waals surface area contributed by atoms with Crippen LogP contribution in [0.3, 0.4) is 0 Å². The maximum Gasteiger partial charge on any atom is 0.326 e. The van der Waals surface area contributed by atoms with Gasteiger partial charge in [0.15, 0.2) is 0 Å². The Kier molecular flexibility index (Phi) is 39.5. The normalized spacial score (nSPS) is 12.1. The molecule has 0 aromatic heterocycles. The Morgan fingerprint density at radius 2 is 1.00 bits per heavy atom. The topological polar surface area (TPSA) is 239 Å². The predicted octanol–water partition coefficient (Wildman–Crippen LogP) is 5.50. The van der Waals surface area contributed by atoms with E-state index in [0.29, 0.717) is 39.0 Å². The van der Waals surface area contributed by atoms with Gasteiger partial charge in [-0.05, 0) is 51.9 Å². The molecule has 0 fully saturated rings. The van der Waals surface area contributed by atoms with E-state index in [4.69, 9.17) is 24.7 Å². The molecule has 0 heterocycles. The Bertz CT molecular complexity index is 1190. The van der Waals surface area contributed by atoms with Gasteiger partial charge in [-0.3, -0.25) is 28.8 Å². The number of rotatable bonds is 46. The van der Waals surface area contributed by atoms with Crippen LogP contribution >= 0.6 is 0 Å². The van der Waals surface area contributed by atoms with Crippen LogP contribution in [0.1, 0.15) is 168 Å². The summed E-state index contributed by atoms with van der Waals surface area (Å²) >= 11 is 0. The van der Waals surface area contributed by atoms with Crippen molar-refractivity contribution in [1.29, 1.82) is 0 Å². The van der Waals surface area contributed by atoms with Crippen LogP contribution in [0, 0.1) is 5.92 Å². The second-order valence-corrected chi connectivity index (χ2v) is 15.8. The number of ketones is 2. The fraction of sp³-hybridized carbons (Fsp3) is 0.844. The number of amides is 4. The fourth-order valence-electron chi connectivity index (χ4n) is 6.60. The molecule has 0 aromatic rings. The number of nitrogens with two attached hydrogens (primary N) is 1. The highest BCUT2D eigenvalue weighted by atomic mass is 16.5. The summed E-state index contributed by atoms with van der Waals surface area (Å²) in [5.41, 5.74) is 5.16. The summed E-state index contributed by atoms with van der Waals surface area (Å²) in [4.78, 5) is 82.3. The predicted molar refractivity (Wildman–Crippen MR) is 234 cm³/mol. The van der Waals surface area contributed by atoms with Gasteiger partial charge in [0.05, 0.1) is 33.0 Å². The first-order valence-corrected chi connectivity index (χ1v) is 23.1. The minimum absolute atomic E-state index is 0.0421. The molecule has 0 aliphatic carbocycles. The molecule has 0 aliphatic rings. The lowest BCUT2D eigenvalue weighted by atomic mass is 9.95. The molecule has 61 heavy (non-hydrogen) atoms. The minimum atomic E-state index is -1.15. The maximum atomic E-state index is 12.3. The standard InChI is InChI=1S/C45H82N4O12/c1-3-38(37(2)50)21-18-19-27-47-43(54)35-61-34-32-59-30-28-48-44(55)36-60-33-31-58-29-20-22-39(51)25-26-40(45(56)57)49-42(53)24-17-15-13-11-9-7-5-4-6-8-10-12-14-16-23-41(46)52/h38,40H,3-36H2,1-2H3,(H2,46,52)(H,47,54)(H,48,55)(H,49,53)(H,56,57)/t38-,40?/m0/s1. The van der Waals surface area contributed by atoms with Crippen molar-refractivity contribution in [3.05, 3.63) is 0 Å². The van der Waals surface area contributed by atoms with E-state index in [2.05, 4.69) is 16.0 Å². The van der Waals surface area contributed by atoms with Gasteiger partial charge in [0.1, 0.15) is 30.8 Å². The average molecular weight is 871 g/mol. The van der Waals surface area contributed by atoms with E-state index in [1.54, 1.807) is 6.92 Å². The zero-order chi connectivity index (χ0) is 45.2. The monoisotopic (exact) mass is 871 g/mol. The average Bonchev–Trinajstić information content (AvgIpc) is 3.22. The summed E-state index contributed by atoms with van der Waals surface area (Å²) in [6.07, 6.45) is 20.5. The number of primary amides is 1. The maximum absolute atomic E-state index is 12.3. The SMILES string of the molecule is CC[C@@H](CCCCNC(=O)COCCOCCNC(=O)COCCOCCCC(=O)CCC(NC(=O)CCCCCCCCCCCCCCCCC(N)=O)C(=O)O)C(C)=O. The highest BCUT2D eigenvalue weighted by Gasteiger charge is 2.21. The summed E-state index contributed by atoms with van der Waals surface area (Å²) in [7, 11) is 0. The van der Waals surface area contributed by atoms with Gasteiger partial charge in [-0.1, -0.05) is 90.4 Å². The van der Waals surface area contributed by atoms with Crippen molar-refractivity contribution in [1.82, 2.24) is 16.0 Å². The summed E-state index contributed by atoms with van der Waals surface area (Å²) in [6, 6.07) is -1.09. The molecule has 0 aromatic carbocycles. The molecule has 0 saturated carbocycles. The Hall–Kier alpha value is -3.47. The van der Waals surface area contributed by atoms with Gasteiger partial charge in [0.25, 0.3) is 0 Å². The molecule has 4 amide bonds. The van der Waals surface area contributed by atoms with E-state index in [1.165, 1.54) is 51.4 Å². The molecule has 0 rings (SSSR count). The molecule has 0 aliphatic heterocycles. The Labute approximate surface area is 365 Å². The van der Waals surface area contributed by atoms with Gasteiger partial charge >= 0.3 is 5.97 Å². The molecule has 0 spiro atoms. The number of nitrogens with one attached hydrogen (secondary N) is 3. The number of unbranched alkanes of at least 4 members (excludes halogenated alkanes) is 14. The molecule has 1 unspecified atom stereocenters. The van der Waals surface area contributed by atoms with Crippen LogP contribution < -0.4 is 21.7 Å². The van der Waals surface area contributed by atoms with Crippen LogP contribution in [0.15, 0.2) is 0 Å². The van der Waals surface area contributed by atoms with Gasteiger partial charge in [0.2, 0.25) is 23.6 Å². The van der Waals surface area contributed by atoms with E-state index < -0.39 is 12.0 Å². The fourth-order valence-corrected chi connectivity index (χ4v) is 6.60. The van der Waals surface area contributed by atoms with E-state index in [1.807, 2.05) is 6.92 Å². The molecule has 0 bridgehead atoms. The number of aliphatic carboxylic acids is 1. The summed E-state index contributed by atoms with van der Waals surface area (Å²) in [6.45, 7) is 5.85. The Morgan fingerprint density at radius 3 is 1.51 bits per heavy atom. The number of carbonyl (C=O) groups excluding carboxylic acids is 6. The highest BCUT2D eigenvalue weighted by Crippen LogP contribution is 2.15. The van der Waals surface area contributed by atoms with E-state index in [-0.39, 0.29) is 113 Å². The smallest absolute Gasteiger partial charge is 0.326 e. The molecule has 0 saturated heterocycles. The number of carboxylic acid groups (broad SMARTS) is 1. The lowest BCUT2D eigenvalue weighted by molar-refractivity contribution is -0.142. The molecule has 0 radical (unpaired) electrons. The third-order valence-corrected chi connectivity index (χ3v) is 10.3. The minimum Gasteiger partial charge on any atom is -0.480 e. The highest BCUT2D eigenvalue weighted by molar-refractivity contribution is 5.84. The van der Waals surface area contributed by atoms with Crippen molar-refractivity contribution in [2.45, 2.75) is 174 Å². The lowest BCUT2D eigenvalue weighted by Crippen LogP contribution is -2.41. The quantitative estimate of drug-likeness (QED) is 0.0477. The molecular weight excluding hydrogens is 789 g/mol. The first-order chi connectivity index (χ1) is 29.5. The molecule has 354 valence electrons. The van der Waals surface area contributed by atoms with Crippen LogP contribution in [-0.2, 0) is 52.5 Å². The number of hydrogen-bond acceptors (Lipinski definition) is 11. The largest absolute Gasteiger partial charge is 0.480 e. The van der Waals surface area contributed by atoms with Crippen molar-refractivity contribution in [3.8, 4) is 0 Å². The van der Waals surface area contributed by atoms with Crippen molar-refractivity contribution in [2.75, 3.05) is 65.9 Å². The van der Waals surface area contributed by atoms with Crippen molar-refractivity contribution in [2.24, 2.45) is 11.7 Å². The number of hydrogen-bond donors (Lipinski definition) is 5. The van der Waals surface area contributed by atoms with Crippen LogP contribution in [0.2, 0.25) is 0 Å². The van der Waals surface area contributed by atoms with E-state index in [9.17, 15) is 38.7 Å². The molecule has 2 atom stereocenters. The third kappa shape index (κ3) is 40.4. The Morgan fingerprint density at radius 1 is 0.508 bits per heavy atom. The molecular formula is C45H82N4O12. The van der Waals surface area contributed by atoms with Crippen LogP contribution in [0.5, 0.6) is 0 Å². The number of carboxylic acids is 1. The summed E-state index contributed by atoms with van der Waals surface area (Å²) < 4.78 is 21.5. The molecule has 16 nitrogen and oxygen atoms in total. The van der Waals surface area contributed by atoms with Gasteiger partial charge in [-0.25, -0.2) is 4.79 Å². The zero-order valence-corrected chi connectivity index (χ0v) is 37.7. The van der Waals surface area contributed by atoms with Crippen LogP contribution in [0.4, 0.5) is 0 Å². The van der Waals surface area contributed by atoms with Crippen LogP contribution in [0.25, 0.3) is 0 Å². The zero-order valence-electron chi connectivity index (χ0n) is 37.7. The van der Waals surface area contributed by atoms with Crippen LogP contribution in [-0.4, -0.2) is 118 Å². The second kappa shape index (κ2) is 41.9. The number of carbonyl (C=O) groups is 7. The van der Waals surface area contributed by atoms with Crippen molar-refractivity contribution < 1.29 is 57.6 Å². The first-order valence-electron chi connectivity index (χ1n) is 23.1. The molecule has 6 N–H and O–H groups in total. The van der Waals surface area contributed by atoms with Gasteiger partial charge in [-0.15, -0.1) is 0 Å². The second-order valence-electron chi connectivity index (χ2n) is 15.8. The first kappa shape index (κ1) is 57.5. The van der Waals surface area contributed by atoms with E-state index in [0.717, 1.165) is 57.8 Å². The summed E-state index contributed by atoms with van der Waals surface area (Å²) in [5.74, 6) is -1.94. The lowest BCUT2D eigenvalue weighted by Gasteiger charge is -2.14. The van der Waals surface area contributed by atoms with Crippen molar-refractivity contribution in [3.63, 3.8) is 0 Å². The number of Topliss-reactive ketones (excluding diaryl/α,β-unsaturated/α-hetero) is 2. The molecule has 16 heteroatoms.